The van der Waals surface area contributed by atoms with Gasteiger partial charge in [0.25, 0.3) is 5.91 Å². The number of sulfonamides is 1. The van der Waals surface area contributed by atoms with Gasteiger partial charge in [-0.05, 0) is 25.0 Å². The Labute approximate surface area is 122 Å². The first-order valence-corrected chi connectivity index (χ1v) is 8.31. The predicted molar refractivity (Wildman–Crippen MR) is 77.2 cm³/mol. The summed E-state index contributed by atoms with van der Waals surface area (Å²) in [5.74, 6) is -0.204. The lowest BCUT2D eigenvalue weighted by Crippen LogP contribution is -2.47. The Bertz CT molecular complexity index is 784. The summed E-state index contributed by atoms with van der Waals surface area (Å²) in [4.78, 5) is 14.1. The van der Waals surface area contributed by atoms with Crippen molar-refractivity contribution in [2.24, 2.45) is 5.14 Å². The molecule has 1 aliphatic rings. The fraction of sp³-hybridized carbons (Fsp3) is 0.385. The van der Waals surface area contributed by atoms with Crippen LogP contribution in [0.4, 0.5) is 0 Å². The van der Waals surface area contributed by atoms with Crippen molar-refractivity contribution in [3.63, 3.8) is 0 Å². The molecule has 0 aromatic carbocycles. The van der Waals surface area contributed by atoms with Gasteiger partial charge >= 0.3 is 0 Å². The number of nitrogens with two attached hydrogens (primary N) is 1. The maximum atomic E-state index is 12.6. The van der Waals surface area contributed by atoms with Crippen molar-refractivity contribution in [2.75, 3.05) is 13.1 Å². The van der Waals surface area contributed by atoms with E-state index in [1.807, 2.05) is 12.1 Å². The van der Waals surface area contributed by atoms with Gasteiger partial charge in [-0.3, -0.25) is 4.79 Å². The van der Waals surface area contributed by atoms with Crippen LogP contribution in [0.1, 0.15) is 23.2 Å². The van der Waals surface area contributed by atoms with Gasteiger partial charge in [-0.25, -0.2) is 18.1 Å². The molecule has 1 fully saturated rings. The van der Waals surface area contributed by atoms with Crippen molar-refractivity contribution in [3.8, 4) is 0 Å². The van der Waals surface area contributed by atoms with Crippen molar-refractivity contribution in [1.82, 2.24) is 14.5 Å². The molecule has 2 aromatic heterocycles. The number of hydrogen-bond acceptors (Lipinski definition) is 4. The molecule has 2 aromatic rings. The molecule has 0 saturated carbocycles. The van der Waals surface area contributed by atoms with Crippen molar-refractivity contribution in [2.45, 2.75) is 18.1 Å². The van der Waals surface area contributed by atoms with E-state index >= 15 is 0 Å². The Kier molecular flexibility index (Phi) is 3.42. The molecule has 112 valence electrons. The number of likely N-dealkylation sites (tertiary alicyclic amines) is 1. The van der Waals surface area contributed by atoms with Gasteiger partial charge in [0, 0.05) is 19.3 Å². The second-order valence-corrected chi connectivity index (χ2v) is 7.04. The Morgan fingerprint density at radius 1 is 1.38 bits per heavy atom. The average Bonchev–Trinajstić information content (AvgIpc) is 2.90. The second kappa shape index (κ2) is 5.12. The molecule has 0 aliphatic carbocycles. The van der Waals surface area contributed by atoms with Crippen LogP contribution in [0.5, 0.6) is 0 Å². The van der Waals surface area contributed by atoms with E-state index in [9.17, 15) is 13.2 Å². The molecule has 3 heterocycles. The largest absolute Gasteiger partial charge is 0.337 e. The summed E-state index contributed by atoms with van der Waals surface area (Å²) in [7, 11) is -3.62. The molecular formula is C13H16N4O3S. The van der Waals surface area contributed by atoms with Crippen LogP contribution in [-0.4, -0.2) is 47.2 Å². The zero-order valence-electron chi connectivity index (χ0n) is 11.3. The van der Waals surface area contributed by atoms with E-state index in [1.165, 1.54) is 6.20 Å². The number of carbonyl (C=O) groups excluding carboxylic acids is 1. The second-order valence-electron chi connectivity index (χ2n) is 5.19. The molecule has 0 bridgehead atoms. The lowest BCUT2D eigenvalue weighted by molar-refractivity contribution is 0.0729. The van der Waals surface area contributed by atoms with E-state index in [1.54, 1.807) is 21.7 Å². The molecule has 2 N–H and O–H groups in total. The summed E-state index contributed by atoms with van der Waals surface area (Å²) in [6.45, 7) is 0.677. The average molecular weight is 308 g/mol. The monoisotopic (exact) mass is 308 g/mol. The molecule has 1 atom stereocenters. The van der Waals surface area contributed by atoms with E-state index in [2.05, 4.69) is 5.10 Å². The van der Waals surface area contributed by atoms with Crippen LogP contribution in [0.2, 0.25) is 0 Å². The van der Waals surface area contributed by atoms with Crippen molar-refractivity contribution < 1.29 is 13.2 Å². The lowest BCUT2D eigenvalue weighted by Gasteiger charge is -2.31. The number of carbonyl (C=O) groups is 1. The third kappa shape index (κ3) is 2.64. The number of pyridine rings is 1. The zero-order valence-corrected chi connectivity index (χ0v) is 12.2. The Morgan fingerprint density at radius 3 is 2.95 bits per heavy atom. The minimum atomic E-state index is -3.62. The quantitative estimate of drug-likeness (QED) is 0.858. The minimum Gasteiger partial charge on any atom is -0.337 e. The first kappa shape index (κ1) is 14.0. The van der Waals surface area contributed by atoms with Gasteiger partial charge in [-0.15, -0.1) is 0 Å². The fourth-order valence-corrected chi connectivity index (χ4v) is 3.54. The number of amides is 1. The maximum absolute atomic E-state index is 12.6. The topological polar surface area (TPSA) is 97.8 Å². The molecule has 3 rings (SSSR count). The first-order chi connectivity index (χ1) is 9.97. The van der Waals surface area contributed by atoms with Crippen LogP contribution < -0.4 is 5.14 Å². The third-order valence-corrected chi connectivity index (χ3v) is 5.10. The number of hydrogen-bond donors (Lipinski definition) is 1. The Morgan fingerprint density at radius 2 is 2.19 bits per heavy atom. The third-order valence-electron chi connectivity index (χ3n) is 3.79. The summed E-state index contributed by atoms with van der Waals surface area (Å²) in [6, 6.07) is 5.46. The summed E-state index contributed by atoms with van der Waals surface area (Å²) < 4.78 is 24.6. The molecule has 7 nitrogen and oxygen atoms in total. The summed E-state index contributed by atoms with van der Waals surface area (Å²) in [5.41, 5.74) is 1.19. The molecule has 0 radical (unpaired) electrons. The first-order valence-electron chi connectivity index (χ1n) is 6.70. The number of nitrogens with zero attached hydrogens (tertiary/aromatic N) is 3. The number of aromatic nitrogens is 2. The van der Waals surface area contributed by atoms with Crippen LogP contribution >= 0.6 is 0 Å². The van der Waals surface area contributed by atoms with E-state index in [-0.39, 0.29) is 12.5 Å². The standard InChI is InChI=1S/C13H16N4O3S/c14-21(19,20)10-4-3-6-16(9-10)13(18)11-8-15-17-7-2-1-5-12(11)17/h1-2,5,7-8,10H,3-4,6,9H2,(H2,14,19,20). The summed E-state index contributed by atoms with van der Waals surface area (Å²) in [5, 5.41) is 8.64. The maximum Gasteiger partial charge on any atom is 0.257 e. The van der Waals surface area contributed by atoms with Crippen molar-refractivity contribution in [3.05, 3.63) is 36.2 Å². The van der Waals surface area contributed by atoms with Gasteiger partial charge in [-0.2, -0.15) is 5.10 Å². The fourth-order valence-electron chi connectivity index (χ4n) is 2.66. The molecule has 0 spiro atoms. The smallest absolute Gasteiger partial charge is 0.257 e. The van der Waals surface area contributed by atoms with Gasteiger partial charge in [0.05, 0.1) is 22.5 Å². The lowest BCUT2D eigenvalue weighted by atomic mass is 10.1. The molecule has 1 amide bonds. The highest BCUT2D eigenvalue weighted by atomic mass is 32.2. The van der Waals surface area contributed by atoms with Crippen molar-refractivity contribution in [1.29, 1.82) is 0 Å². The highest BCUT2D eigenvalue weighted by Crippen LogP contribution is 2.19. The van der Waals surface area contributed by atoms with Crippen LogP contribution in [0.25, 0.3) is 5.52 Å². The van der Waals surface area contributed by atoms with Gasteiger partial charge in [0.15, 0.2) is 0 Å². The molecule has 8 heteroatoms. The van der Waals surface area contributed by atoms with Gasteiger partial charge in [0.2, 0.25) is 10.0 Å². The number of primary sulfonamides is 1. The highest BCUT2D eigenvalue weighted by molar-refractivity contribution is 7.89. The van der Waals surface area contributed by atoms with Crippen LogP contribution in [-0.2, 0) is 10.0 Å². The molecule has 1 aliphatic heterocycles. The van der Waals surface area contributed by atoms with Crippen LogP contribution in [0, 0.1) is 0 Å². The highest BCUT2D eigenvalue weighted by Gasteiger charge is 2.31. The summed E-state index contributed by atoms with van der Waals surface area (Å²) >= 11 is 0. The minimum absolute atomic E-state index is 0.141. The predicted octanol–water partition coefficient (Wildman–Crippen LogP) is 0.227. The van der Waals surface area contributed by atoms with E-state index in [0.717, 1.165) is 0 Å². The van der Waals surface area contributed by atoms with E-state index < -0.39 is 15.3 Å². The molecular weight excluding hydrogens is 292 g/mol. The van der Waals surface area contributed by atoms with Gasteiger partial charge in [-0.1, -0.05) is 6.07 Å². The summed E-state index contributed by atoms with van der Waals surface area (Å²) in [6.07, 6.45) is 4.40. The number of rotatable bonds is 2. The van der Waals surface area contributed by atoms with Crippen LogP contribution in [0.15, 0.2) is 30.6 Å². The molecule has 21 heavy (non-hydrogen) atoms. The number of piperidine rings is 1. The Hall–Kier alpha value is -1.93. The van der Waals surface area contributed by atoms with E-state index in [4.69, 9.17) is 5.14 Å². The Balaban J connectivity index is 1.88. The SMILES string of the molecule is NS(=O)(=O)C1CCCN(C(=O)c2cnn3ccccc23)C1. The normalized spacial score (nSPS) is 19.9. The van der Waals surface area contributed by atoms with Crippen molar-refractivity contribution >= 4 is 21.4 Å². The van der Waals surface area contributed by atoms with E-state index in [0.29, 0.717) is 30.5 Å². The number of fused-ring (bicyclic) bond motifs is 1. The molecule has 1 unspecified atom stereocenters. The zero-order chi connectivity index (χ0) is 15.0. The van der Waals surface area contributed by atoms with Gasteiger partial charge < -0.3 is 4.90 Å². The molecule has 1 saturated heterocycles. The van der Waals surface area contributed by atoms with Gasteiger partial charge in [0.1, 0.15) is 0 Å². The van der Waals surface area contributed by atoms with Crippen LogP contribution in [0.3, 0.4) is 0 Å².